The summed E-state index contributed by atoms with van der Waals surface area (Å²) < 4.78 is 24.7. The summed E-state index contributed by atoms with van der Waals surface area (Å²) in [4.78, 5) is 30.5. The molecule has 2 aromatic carbocycles. The highest BCUT2D eigenvalue weighted by atomic mass is 19.1. The lowest BCUT2D eigenvalue weighted by Gasteiger charge is -2.34. The first-order valence-electron chi connectivity index (χ1n) is 10.7. The summed E-state index contributed by atoms with van der Waals surface area (Å²) in [5.74, 6) is -0.312. The minimum Gasteiger partial charge on any atom is -0.481 e. The zero-order valence-electron chi connectivity index (χ0n) is 18.5. The topological polar surface area (TPSA) is 126 Å². The maximum absolute atomic E-state index is 13.7. The number of non-ortho nitro benzene ring substituents is 1. The molecule has 0 bridgehead atoms. The fourth-order valence-electron chi connectivity index (χ4n) is 3.55. The van der Waals surface area contributed by atoms with Gasteiger partial charge < -0.3 is 19.0 Å². The van der Waals surface area contributed by atoms with Crippen molar-refractivity contribution in [2.24, 2.45) is 0 Å². The van der Waals surface area contributed by atoms with Crippen LogP contribution in [0.4, 0.5) is 16.0 Å². The second kappa shape index (κ2) is 10.5. The number of benzene rings is 2. The van der Waals surface area contributed by atoms with Gasteiger partial charge in [0.05, 0.1) is 4.92 Å². The monoisotopic (exact) mass is 477 g/mol. The number of nitrogens with zero attached hydrogens (tertiary/aromatic N) is 5. The Morgan fingerprint density at radius 2 is 1.97 bits per heavy atom. The number of nitro groups is 1. The van der Waals surface area contributed by atoms with Gasteiger partial charge in [-0.3, -0.25) is 14.9 Å². The van der Waals surface area contributed by atoms with Gasteiger partial charge in [-0.2, -0.15) is 10.2 Å². The number of ether oxygens (including phenoxy) is 1. The summed E-state index contributed by atoms with van der Waals surface area (Å²) in [6, 6.07) is 14.0. The molecule has 0 atom stereocenters. The SMILES string of the molecule is N#Cc1nc(/C=C/c2cccc([N+](=O)[O-])c2)oc1N1CCN(C(=O)COc2ccccc2F)CC1. The third kappa shape index (κ3) is 5.62. The molecule has 11 heteroatoms. The van der Waals surface area contributed by atoms with Crippen molar-refractivity contribution in [3.63, 3.8) is 0 Å². The summed E-state index contributed by atoms with van der Waals surface area (Å²) in [5.41, 5.74) is 0.651. The molecule has 4 rings (SSSR count). The molecule has 35 heavy (non-hydrogen) atoms. The lowest BCUT2D eigenvalue weighted by Crippen LogP contribution is -2.50. The average molecular weight is 477 g/mol. The molecule has 0 saturated carbocycles. The van der Waals surface area contributed by atoms with E-state index in [0.29, 0.717) is 37.6 Å². The maximum atomic E-state index is 13.7. The van der Waals surface area contributed by atoms with Crippen LogP contribution in [-0.4, -0.2) is 53.5 Å². The number of rotatable bonds is 7. The maximum Gasteiger partial charge on any atom is 0.270 e. The van der Waals surface area contributed by atoms with E-state index in [2.05, 4.69) is 4.98 Å². The van der Waals surface area contributed by atoms with E-state index in [1.165, 1.54) is 36.4 Å². The van der Waals surface area contributed by atoms with Crippen molar-refractivity contribution < 1.29 is 23.3 Å². The highest BCUT2D eigenvalue weighted by Gasteiger charge is 2.26. The van der Waals surface area contributed by atoms with Crippen molar-refractivity contribution in [2.75, 3.05) is 37.7 Å². The van der Waals surface area contributed by atoms with E-state index in [9.17, 15) is 24.6 Å². The molecule has 1 aromatic heterocycles. The summed E-state index contributed by atoms with van der Waals surface area (Å²) in [6.45, 7) is 1.26. The zero-order chi connectivity index (χ0) is 24.8. The highest BCUT2D eigenvalue weighted by Crippen LogP contribution is 2.25. The first-order valence-corrected chi connectivity index (χ1v) is 10.7. The van der Waals surface area contributed by atoms with E-state index >= 15 is 0 Å². The fourth-order valence-corrected chi connectivity index (χ4v) is 3.55. The lowest BCUT2D eigenvalue weighted by atomic mass is 10.2. The average Bonchev–Trinajstić information content (AvgIpc) is 3.30. The molecule has 3 aromatic rings. The van der Waals surface area contributed by atoms with Gasteiger partial charge in [-0.15, -0.1) is 0 Å². The third-order valence-electron chi connectivity index (χ3n) is 5.34. The Morgan fingerprint density at radius 1 is 1.20 bits per heavy atom. The highest BCUT2D eigenvalue weighted by molar-refractivity contribution is 5.78. The number of carbonyl (C=O) groups is 1. The Kier molecular flexibility index (Phi) is 7.02. The number of nitriles is 1. The fraction of sp³-hybridized carbons (Fsp3) is 0.208. The zero-order valence-corrected chi connectivity index (χ0v) is 18.5. The molecule has 1 saturated heterocycles. The van der Waals surface area contributed by atoms with Crippen LogP contribution in [0.25, 0.3) is 12.2 Å². The Morgan fingerprint density at radius 3 is 2.69 bits per heavy atom. The van der Waals surface area contributed by atoms with E-state index in [-0.39, 0.29) is 35.5 Å². The molecule has 0 spiro atoms. The third-order valence-corrected chi connectivity index (χ3v) is 5.34. The van der Waals surface area contributed by atoms with E-state index in [0.717, 1.165) is 0 Å². The molecule has 0 radical (unpaired) electrons. The number of hydrogen-bond acceptors (Lipinski definition) is 8. The van der Waals surface area contributed by atoms with Crippen LogP contribution in [0.5, 0.6) is 5.75 Å². The van der Waals surface area contributed by atoms with Crippen molar-refractivity contribution in [1.82, 2.24) is 9.88 Å². The van der Waals surface area contributed by atoms with Gasteiger partial charge in [0.15, 0.2) is 18.2 Å². The van der Waals surface area contributed by atoms with Gasteiger partial charge in [0.25, 0.3) is 11.6 Å². The Balaban J connectivity index is 1.37. The van der Waals surface area contributed by atoms with Crippen LogP contribution in [0.15, 0.2) is 52.9 Å². The Labute approximate surface area is 199 Å². The van der Waals surface area contributed by atoms with Gasteiger partial charge in [-0.05, 0) is 23.8 Å². The number of hydrogen-bond donors (Lipinski definition) is 0. The van der Waals surface area contributed by atoms with Crippen LogP contribution >= 0.6 is 0 Å². The van der Waals surface area contributed by atoms with E-state index in [4.69, 9.17) is 9.15 Å². The molecule has 10 nitrogen and oxygen atoms in total. The number of nitro benzene ring substituents is 1. The Hall–Kier alpha value is -4.72. The number of anilines is 1. The van der Waals surface area contributed by atoms with Gasteiger partial charge >= 0.3 is 0 Å². The molecule has 0 unspecified atom stereocenters. The van der Waals surface area contributed by atoms with Crippen LogP contribution in [0, 0.1) is 27.3 Å². The number of para-hydroxylation sites is 1. The number of carbonyl (C=O) groups excluding carboxylic acids is 1. The van der Waals surface area contributed by atoms with Crippen molar-refractivity contribution in [2.45, 2.75) is 0 Å². The molecular weight excluding hydrogens is 457 g/mol. The van der Waals surface area contributed by atoms with E-state index in [1.807, 2.05) is 11.0 Å². The minimum absolute atomic E-state index is 0.0190. The molecule has 0 N–H and O–H groups in total. The van der Waals surface area contributed by atoms with E-state index < -0.39 is 10.7 Å². The number of aromatic nitrogens is 1. The van der Waals surface area contributed by atoms with Gasteiger partial charge in [0, 0.05) is 44.4 Å². The molecule has 1 amide bonds. The molecule has 0 aliphatic carbocycles. The first-order chi connectivity index (χ1) is 16.9. The van der Waals surface area contributed by atoms with Crippen LogP contribution in [-0.2, 0) is 4.79 Å². The molecular formula is C24H20FN5O5. The molecule has 1 aliphatic heterocycles. The van der Waals surface area contributed by atoms with Crippen LogP contribution < -0.4 is 9.64 Å². The Bertz CT molecular complexity index is 1310. The molecule has 1 aliphatic rings. The van der Waals surface area contributed by atoms with E-state index in [1.54, 1.807) is 29.2 Å². The summed E-state index contributed by atoms with van der Waals surface area (Å²) in [6.07, 6.45) is 3.14. The first kappa shape index (κ1) is 23.4. The van der Waals surface area contributed by atoms with Crippen molar-refractivity contribution in [3.05, 3.63) is 81.6 Å². The van der Waals surface area contributed by atoms with Gasteiger partial charge in [0.2, 0.25) is 17.5 Å². The minimum atomic E-state index is -0.533. The molecule has 178 valence electrons. The van der Waals surface area contributed by atoms with Crippen molar-refractivity contribution >= 4 is 29.6 Å². The largest absolute Gasteiger partial charge is 0.481 e. The summed E-state index contributed by atoms with van der Waals surface area (Å²) in [5, 5.41) is 20.4. The second-order valence-electron chi connectivity index (χ2n) is 7.59. The van der Waals surface area contributed by atoms with Crippen LogP contribution in [0.1, 0.15) is 17.1 Å². The standard InChI is InChI=1S/C24H20FN5O5/c25-19-6-1-2-7-21(19)34-16-23(31)28-10-12-29(13-11-28)24-20(15-26)27-22(35-24)9-8-17-4-3-5-18(14-17)30(32)33/h1-9,14H,10-13,16H2/b9-8+. The van der Waals surface area contributed by atoms with Gasteiger partial charge in [0.1, 0.15) is 6.07 Å². The molecule has 1 fully saturated rings. The predicted octanol–water partition coefficient (Wildman–Crippen LogP) is 3.49. The van der Waals surface area contributed by atoms with Crippen LogP contribution in [0.2, 0.25) is 0 Å². The van der Waals surface area contributed by atoms with Crippen LogP contribution in [0.3, 0.4) is 0 Å². The normalized spacial score (nSPS) is 13.6. The number of amides is 1. The quantitative estimate of drug-likeness (QED) is 0.374. The number of oxazole rings is 1. The van der Waals surface area contributed by atoms with Crippen molar-refractivity contribution in [3.8, 4) is 11.8 Å². The van der Waals surface area contributed by atoms with Gasteiger partial charge in [-0.25, -0.2) is 4.39 Å². The smallest absolute Gasteiger partial charge is 0.270 e. The molecule has 2 heterocycles. The predicted molar refractivity (Wildman–Crippen MR) is 124 cm³/mol. The number of halogens is 1. The van der Waals surface area contributed by atoms with Crippen molar-refractivity contribution in [1.29, 1.82) is 5.26 Å². The number of piperazine rings is 1. The van der Waals surface area contributed by atoms with Gasteiger partial charge in [-0.1, -0.05) is 24.3 Å². The summed E-state index contributed by atoms with van der Waals surface area (Å²) >= 11 is 0. The summed E-state index contributed by atoms with van der Waals surface area (Å²) in [7, 11) is 0. The lowest BCUT2D eigenvalue weighted by molar-refractivity contribution is -0.384. The second-order valence-corrected chi connectivity index (χ2v) is 7.59.